The summed E-state index contributed by atoms with van der Waals surface area (Å²) in [7, 11) is 1.68. The molecule has 2 rings (SSSR count). The molecule has 0 aliphatic carbocycles. The van der Waals surface area contributed by atoms with Gasteiger partial charge in [-0.2, -0.15) is 0 Å². The highest BCUT2D eigenvalue weighted by molar-refractivity contribution is 9.10. The van der Waals surface area contributed by atoms with Crippen molar-refractivity contribution < 1.29 is 4.74 Å². The second kappa shape index (κ2) is 7.46. The maximum Gasteiger partial charge on any atom is 0.119 e. The zero-order chi connectivity index (χ0) is 14.5. The molecule has 1 aromatic heterocycles. The number of hydrogen-bond donors (Lipinski definition) is 1. The van der Waals surface area contributed by atoms with Gasteiger partial charge in [-0.15, -0.1) is 11.3 Å². The van der Waals surface area contributed by atoms with Gasteiger partial charge in [0.1, 0.15) is 5.75 Å². The van der Waals surface area contributed by atoms with Crippen LogP contribution in [0.25, 0.3) is 0 Å². The smallest absolute Gasteiger partial charge is 0.119 e. The van der Waals surface area contributed by atoms with Gasteiger partial charge in [-0.1, -0.05) is 34.5 Å². The standard InChI is InChI=1S/C15H17BrClNOS/c1-3-7-18-14(15-13(17)6-8-20-15)11-9-10(19-2)4-5-12(11)16/h4-6,8-9,14,18H,3,7H2,1-2H3. The van der Waals surface area contributed by atoms with Crippen molar-refractivity contribution >= 4 is 38.9 Å². The molecule has 20 heavy (non-hydrogen) atoms. The fourth-order valence-corrected chi connectivity index (χ4v) is 3.75. The summed E-state index contributed by atoms with van der Waals surface area (Å²) in [5.74, 6) is 0.846. The van der Waals surface area contributed by atoms with E-state index in [9.17, 15) is 0 Å². The first kappa shape index (κ1) is 15.8. The van der Waals surface area contributed by atoms with E-state index in [1.165, 1.54) is 0 Å². The molecule has 1 atom stereocenters. The Morgan fingerprint density at radius 2 is 2.20 bits per heavy atom. The van der Waals surface area contributed by atoms with Crippen molar-refractivity contribution in [1.82, 2.24) is 5.32 Å². The van der Waals surface area contributed by atoms with Crippen molar-refractivity contribution in [2.75, 3.05) is 13.7 Å². The van der Waals surface area contributed by atoms with Gasteiger partial charge in [0.15, 0.2) is 0 Å². The molecule has 0 saturated heterocycles. The monoisotopic (exact) mass is 373 g/mol. The third-order valence-corrected chi connectivity index (χ3v) is 5.17. The second-order valence-corrected chi connectivity index (χ2v) is 6.62. The summed E-state index contributed by atoms with van der Waals surface area (Å²) in [6, 6.07) is 8.02. The fourth-order valence-electron chi connectivity index (χ4n) is 2.01. The van der Waals surface area contributed by atoms with Crippen LogP contribution >= 0.6 is 38.9 Å². The van der Waals surface area contributed by atoms with Crippen molar-refractivity contribution in [2.24, 2.45) is 0 Å². The third kappa shape index (κ3) is 3.55. The van der Waals surface area contributed by atoms with Crippen LogP contribution < -0.4 is 10.1 Å². The highest BCUT2D eigenvalue weighted by Gasteiger charge is 2.20. The summed E-state index contributed by atoms with van der Waals surface area (Å²) in [5.41, 5.74) is 1.14. The van der Waals surface area contributed by atoms with E-state index in [0.29, 0.717) is 0 Å². The van der Waals surface area contributed by atoms with Gasteiger partial charge in [0.05, 0.1) is 18.2 Å². The first-order valence-corrected chi connectivity index (χ1v) is 8.52. The SMILES string of the molecule is CCCNC(c1cc(OC)ccc1Br)c1sccc1Cl. The summed E-state index contributed by atoms with van der Waals surface area (Å²) in [6.07, 6.45) is 1.07. The van der Waals surface area contributed by atoms with Crippen molar-refractivity contribution in [3.05, 3.63) is 49.6 Å². The molecule has 1 aromatic carbocycles. The molecule has 0 aliphatic rings. The van der Waals surface area contributed by atoms with Crippen LogP contribution in [0.15, 0.2) is 34.1 Å². The van der Waals surface area contributed by atoms with Crippen LogP contribution in [-0.4, -0.2) is 13.7 Å². The Morgan fingerprint density at radius 1 is 1.40 bits per heavy atom. The lowest BCUT2D eigenvalue weighted by Gasteiger charge is -2.20. The lowest BCUT2D eigenvalue weighted by atomic mass is 10.0. The van der Waals surface area contributed by atoms with E-state index < -0.39 is 0 Å². The van der Waals surface area contributed by atoms with Crippen LogP contribution in [0.1, 0.15) is 29.8 Å². The fraction of sp³-hybridized carbons (Fsp3) is 0.333. The van der Waals surface area contributed by atoms with E-state index in [2.05, 4.69) is 28.2 Å². The number of methoxy groups -OCH3 is 1. The number of halogens is 2. The van der Waals surface area contributed by atoms with Crippen LogP contribution in [0, 0.1) is 0 Å². The van der Waals surface area contributed by atoms with Gasteiger partial charge >= 0.3 is 0 Å². The molecule has 2 aromatic rings. The quantitative estimate of drug-likeness (QED) is 0.744. The summed E-state index contributed by atoms with van der Waals surface area (Å²) in [6.45, 7) is 3.09. The minimum absolute atomic E-state index is 0.0759. The first-order valence-electron chi connectivity index (χ1n) is 6.47. The number of rotatable bonds is 6. The predicted molar refractivity (Wildman–Crippen MR) is 90.2 cm³/mol. The molecule has 0 bridgehead atoms. The molecule has 0 aliphatic heterocycles. The Morgan fingerprint density at radius 3 is 2.80 bits per heavy atom. The lowest BCUT2D eigenvalue weighted by Crippen LogP contribution is -2.23. The molecule has 0 amide bonds. The van der Waals surface area contributed by atoms with Gasteiger partial charge < -0.3 is 10.1 Å². The zero-order valence-corrected chi connectivity index (χ0v) is 14.6. The minimum Gasteiger partial charge on any atom is -0.497 e. The van der Waals surface area contributed by atoms with Crippen LogP contribution in [-0.2, 0) is 0 Å². The number of ether oxygens (including phenoxy) is 1. The van der Waals surface area contributed by atoms with Crippen LogP contribution in [0.4, 0.5) is 0 Å². The molecule has 0 saturated carbocycles. The van der Waals surface area contributed by atoms with E-state index in [-0.39, 0.29) is 6.04 Å². The number of benzene rings is 1. The van der Waals surface area contributed by atoms with E-state index >= 15 is 0 Å². The van der Waals surface area contributed by atoms with Gasteiger partial charge in [-0.25, -0.2) is 0 Å². The second-order valence-electron chi connectivity index (χ2n) is 4.41. The van der Waals surface area contributed by atoms with Crippen molar-refractivity contribution in [1.29, 1.82) is 0 Å². The number of hydrogen-bond acceptors (Lipinski definition) is 3. The van der Waals surface area contributed by atoms with Crippen LogP contribution in [0.5, 0.6) is 5.75 Å². The topological polar surface area (TPSA) is 21.3 Å². The normalized spacial score (nSPS) is 12.4. The van der Waals surface area contributed by atoms with Crippen molar-refractivity contribution in [3.63, 3.8) is 0 Å². The summed E-state index contributed by atoms with van der Waals surface area (Å²) >= 11 is 11.6. The number of thiophene rings is 1. The molecule has 5 heteroatoms. The van der Waals surface area contributed by atoms with E-state index in [1.807, 2.05) is 29.6 Å². The predicted octanol–water partition coefficient (Wildman–Crippen LogP) is 5.26. The highest BCUT2D eigenvalue weighted by atomic mass is 79.9. The molecule has 0 spiro atoms. The van der Waals surface area contributed by atoms with Crippen molar-refractivity contribution in [2.45, 2.75) is 19.4 Å². The average Bonchev–Trinajstić information content (AvgIpc) is 2.87. The zero-order valence-electron chi connectivity index (χ0n) is 11.5. The molecule has 1 heterocycles. The van der Waals surface area contributed by atoms with E-state index in [4.69, 9.17) is 16.3 Å². The van der Waals surface area contributed by atoms with Gasteiger partial charge in [-0.05, 0) is 48.2 Å². The Hall–Kier alpha value is -0.550. The molecule has 2 nitrogen and oxygen atoms in total. The Bertz CT molecular complexity index is 573. The summed E-state index contributed by atoms with van der Waals surface area (Å²) < 4.78 is 6.39. The summed E-state index contributed by atoms with van der Waals surface area (Å²) in [4.78, 5) is 1.13. The van der Waals surface area contributed by atoms with Crippen molar-refractivity contribution in [3.8, 4) is 5.75 Å². The van der Waals surface area contributed by atoms with Gasteiger partial charge in [0.2, 0.25) is 0 Å². The van der Waals surface area contributed by atoms with Gasteiger partial charge in [0.25, 0.3) is 0 Å². The third-order valence-electron chi connectivity index (χ3n) is 3.02. The molecule has 0 radical (unpaired) electrons. The highest BCUT2D eigenvalue weighted by Crippen LogP contribution is 2.37. The van der Waals surface area contributed by atoms with Gasteiger partial charge in [-0.3, -0.25) is 0 Å². The van der Waals surface area contributed by atoms with Gasteiger partial charge in [0, 0.05) is 9.35 Å². The Kier molecular flexibility index (Phi) is 5.90. The first-order chi connectivity index (χ1) is 9.67. The maximum atomic E-state index is 6.31. The Balaban J connectivity index is 2.43. The number of nitrogens with one attached hydrogen (secondary N) is 1. The Labute approximate surface area is 137 Å². The average molecular weight is 375 g/mol. The van der Waals surface area contributed by atoms with Crippen LogP contribution in [0.3, 0.4) is 0 Å². The molecule has 1 unspecified atom stereocenters. The molecule has 108 valence electrons. The van der Waals surface area contributed by atoms with E-state index in [0.717, 1.165) is 38.7 Å². The molecule has 1 N–H and O–H groups in total. The van der Waals surface area contributed by atoms with E-state index in [1.54, 1.807) is 18.4 Å². The summed E-state index contributed by atoms with van der Waals surface area (Å²) in [5, 5.41) is 6.39. The molecular formula is C15H17BrClNOS. The largest absolute Gasteiger partial charge is 0.497 e. The maximum absolute atomic E-state index is 6.31. The molecular weight excluding hydrogens is 358 g/mol. The van der Waals surface area contributed by atoms with Crippen LogP contribution in [0.2, 0.25) is 5.02 Å². The minimum atomic E-state index is 0.0759. The molecule has 0 fully saturated rings. The lowest BCUT2D eigenvalue weighted by molar-refractivity contribution is 0.413.